The van der Waals surface area contributed by atoms with E-state index in [0.717, 1.165) is 22.3 Å². The second kappa shape index (κ2) is 5.92. The van der Waals surface area contributed by atoms with Crippen molar-refractivity contribution in [3.63, 3.8) is 0 Å². The lowest BCUT2D eigenvalue weighted by Gasteiger charge is -2.15. The fourth-order valence-corrected chi connectivity index (χ4v) is 3.02. The Kier molecular flexibility index (Phi) is 3.93. The van der Waals surface area contributed by atoms with Gasteiger partial charge in [0.25, 0.3) is 11.8 Å². The van der Waals surface area contributed by atoms with Gasteiger partial charge in [-0.25, -0.2) is 4.79 Å². The molecule has 5 nitrogen and oxygen atoms in total. The number of nitrogens with zero attached hydrogens (tertiary/aromatic N) is 1. The van der Waals surface area contributed by atoms with Crippen LogP contribution in [-0.2, 0) is 16.1 Å². The fourth-order valence-electron chi connectivity index (χ4n) is 3.02. The molecule has 3 rings (SSSR count). The Morgan fingerprint density at radius 3 is 1.96 bits per heavy atom. The van der Waals surface area contributed by atoms with Crippen molar-refractivity contribution in [1.29, 1.82) is 0 Å². The van der Waals surface area contributed by atoms with Crippen LogP contribution in [0.25, 0.3) is 0 Å². The third-order valence-electron chi connectivity index (χ3n) is 4.11. The van der Waals surface area contributed by atoms with E-state index in [1.165, 1.54) is 12.1 Å². The number of hydrogen-bond donors (Lipinski definition) is 0. The third-order valence-corrected chi connectivity index (χ3v) is 4.11. The molecule has 1 aliphatic heterocycles. The van der Waals surface area contributed by atoms with E-state index in [1.54, 1.807) is 12.1 Å². The quantitative estimate of drug-likeness (QED) is 0.815. The van der Waals surface area contributed by atoms with Gasteiger partial charge in [-0.15, -0.1) is 0 Å². The molecular weight excluding hydrogens is 306 g/mol. The second-order valence-electron chi connectivity index (χ2n) is 5.97. The number of hydrogen-bond acceptors (Lipinski definition) is 4. The zero-order valence-corrected chi connectivity index (χ0v) is 13.8. The molecule has 122 valence electrons. The first-order chi connectivity index (χ1) is 11.4. The Bertz CT molecular complexity index is 811. The smallest absolute Gasteiger partial charge is 0.329 e. The number of benzene rings is 2. The molecule has 0 fully saturated rings. The maximum Gasteiger partial charge on any atom is 0.337 e. The molecule has 2 aromatic carbocycles. The number of carbonyl (C=O) groups excluding carboxylic acids is 3. The van der Waals surface area contributed by atoms with Gasteiger partial charge in [0.05, 0.1) is 17.5 Å². The molecule has 0 aliphatic carbocycles. The van der Waals surface area contributed by atoms with E-state index >= 15 is 0 Å². The number of hydroxylamine groups is 2. The van der Waals surface area contributed by atoms with Gasteiger partial charge in [-0.05, 0) is 49.6 Å². The summed E-state index contributed by atoms with van der Waals surface area (Å²) in [5.74, 6) is -1.86. The summed E-state index contributed by atoms with van der Waals surface area (Å²) in [4.78, 5) is 41.7. The third kappa shape index (κ3) is 2.69. The van der Waals surface area contributed by atoms with Crippen molar-refractivity contribution in [2.75, 3.05) is 0 Å². The van der Waals surface area contributed by atoms with E-state index in [4.69, 9.17) is 4.84 Å². The number of carbonyl (C=O) groups is 3. The molecule has 2 aromatic rings. The Hall–Kier alpha value is -2.95. The van der Waals surface area contributed by atoms with Gasteiger partial charge in [-0.3, -0.25) is 9.59 Å². The van der Waals surface area contributed by atoms with Crippen LogP contribution >= 0.6 is 0 Å². The van der Waals surface area contributed by atoms with E-state index in [-0.39, 0.29) is 17.5 Å². The van der Waals surface area contributed by atoms with Crippen molar-refractivity contribution in [1.82, 2.24) is 5.06 Å². The van der Waals surface area contributed by atoms with Gasteiger partial charge in [-0.2, -0.15) is 0 Å². The van der Waals surface area contributed by atoms with E-state index in [9.17, 15) is 14.4 Å². The zero-order valence-electron chi connectivity index (χ0n) is 13.8. The van der Waals surface area contributed by atoms with Crippen LogP contribution in [0.1, 0.15) is 43.0 Å². The predicted octanol–water partition coefficient (Wildman–Crippen LogP) is 2.91. The van der Waals surface area contributed by atoms with Crippen LogP contribution in [0, 0.1) is 20.8 Å². The summed E-state index contributed by atoms with van der Waals surface area (Å²) in [6, 6.07) is 10.4. The van der Waals surface area contributed by atoms with Crippen LogP contribution < -0.4 is 0 Å². The second-order valence-corrected chi connectivity index (χ2v) is 5.97. The van der Waals surface area contributed by atoms with E-state index in [0.29, 0.717) is 5.06 Å². The highest BCUT2D eigenvalue weighted by Gasteiger charge is 2.38. The lowest BCUT2D eigenvalue weighted by Crippen LogP contribution is -2.33. The van der Waals surface area contributed by atoms with Crippen LogP contribution in [0.5, 0.6) is 0 Å². The molecule has 0 saturated carbocycles. The molecule has 0 radical (unpaired) electrons. The van der Waals surface area contributed by atoms with Crippen LogP contribution in [0.3, 0.4) is 0 Å². The highest BCUT2D eigenvalue weighted by atomic mass is 16.7. The minimum Gasteiger partial charge on any atom is -0.329 e. The van der Waals surface area contributed by atoms with Gasteiger partial charge in [0.2, 0.25) is 0 Å². The molecule has 1 aliphatic rings. The SMILES string of the molecule is Cc1cc(C)c(CC(=O)ON2C(=O)c3ccccc3C2=O)c(C)c1. The largest absolute Gasteiger partial charge is 0.337 e. The van der Waals surface area contributed by atoms with Gasteiger partial charge >= 0.3 is 5.97 Å². The van der Waals surface area contributed by atoms with Crippen molar-refractivity contribution in [3.05, 3.63) is 69.8 Å². The van der Waals surface area contributed by atoms with Crippen LogP contribution in [0.15, 0.2) is 36.4 Å². The van der Waals surface area contributed by atoms with E-state index in [2.05, 4.69) is 0 Å². The van der Waals surface area contributed by atoms with Crippen molar-refractivity contribution >= 4 is 17.8 Å². The average molecular weight is 323 g/mol. The molecule has 0 bridgehead atoms. The summed E-state index contributed by atoms with van der Waals surface area (Å²) >= 11 is 0. The number of fused-ring (bicyclic) bond motifs is 1. The van der Waals surface area contributed by atoms with Crippen LogP contribution in [0.2, 0.25) is 0 Å². The molecule has 0 saturated heterocycles. The van der Waals surface area contributed by atoms with E-state index < -0.39 is 17.8 Å². The van der Waals surface area contributed by atoms with Crippen molar-refractivity contribution < 1.29 is 19.2 Å². The van der Waals surface area contributed by atoms with Crippen molar-refractivity contribution in [3.8, 4) is 0 Å². The molecular formula is C19H17NO4. The molecule has 0 atom stereocenters. The summed E-state index contributed by atoms with van der Waals surface area (Å²) in [5, 5.41) is 0.547. The summed E-state index contributed by atoms with van der Waals surface area (Å²) in [6.45, 7) is 5.83. The minimum atomic E-state index is -0.639. The zero-order chi connectivity index (χ0) is 17.4. The highest BCUT2D eigenvalue weighted by molar-refractivity contribution is 6.20. The Balaban J connectivity index is 1.78. The number of aryl methyl sites for hydroxylation is 3. The van der Waals surface area contributed by atoms with Crippen molar-refractivity contribution in [2.45, 2.75) is 27.2 Å². The summed E-state index contributed by atoms with van der Waals surface area (Å²) in [7, 11) is 0. The molecule has 5 heteroatoms. The van der Waals surface area contributed by atoms with E-state index in [1.807, 2.05) is 32.9 Å². The molecule has 0 N–H and O–H groups in total. The first-order valence-electron chi connectivity index (χ1n) is 7.64. The first-order valence-corrected chi connectivity index (χ1v) is 7.64. The average Bonchev–Trinajstić information content (AvgIpc) is 2.76. The molecule has 1 heterocycles. The molecule has 24 heavy (non-hydrogen) atoms. The molecule has 2 amide bonds. The van der Waals surface area contributed by atoms with Gasteiger partial charge in [-0.1, -0.05) is 34.9 Å². The number of amides is 2. The minimum absolute atomic E-state index is 0.00531. The Morgan fingerprint density at radius 1 is 0.958 bits per heavy atom. The normalized spacial score (nSPS) is 13.2. The maximum absolute atomic E-state index is 12.2. The monoisotopic (exact) mass is 323 g/mol. The Labute approximate surface area is 139 Å². The van der Waals surface area contributed by atoms with Gasteiger partial charge < -0.3 is 4.84 Å². The maximum atomic E-state index is 12.2. The number of imide groups is 1. The summed E-state index contributed by atoms with van der Waals surface area (Å²) in [5.41, 5.74) is 4.42. The molecule has 0 aromatic heterocycles. The molecule has 0 unspecified atom stereocenters. The van der Waals surface area contributed by atoms with Gasteiger partial charge in [0.15, 0.2) is 0 Å². The predicted molar refractivity (Wildman–Crippen MR) is 87.4 cm³/mol. The first kappa shape index (κ1) is 15.9. The lowest BCUT2D eigenvalue weighted by molar-refractivity contribution is -0.167. The molecule has 0 spiro atoms. The van der Waals surface area contributed by atoms with Crippen molar-refractivity contribution in [2.24, 2.45) is 0 Å². The van der Waals surface area contributed by atoms with Gasteiger partial charge in [0, 0.05) is 0 Å². The summed E-state index contributed by atoms with van der Waals surface area (Å²) in [6.07, 6.45) is 0.00531. The Morgan fingerprint density at radius 2 is 1.46 bits per heavy atom. The van der Waals surface area contributed by atoms with Crippen LogP contribution in [-0.4, -0.2) is 22.8 Å². The van der Waals surface area contributed by atoms with Gasteiger partial charge in [0.1, 0.15) is 0 Å². The highest BCUT2D eigenvalue weighted by Crippen LogP contribution is 2.23. The lowest BCUT2D eigenvalue weighted by atomic mass is 9.97. The topological polar surface area (TPSA) is 63.7 Å². The standard InChI is InChI=1S/C19H17NO4/c1-11-8-12(2)16(13(3)9-11)10-17(21)24-20-18(22)14-6-4-5-7-15(14)19(20)23/h4-9H,10H2,1-3H3. The fraction of sp³-hybridized carbons (Fsp3) is 0.211. The summed E-state index contributed by atoms with van der Waals surface area (Å²) < 4.78 is 0. The van der Waals surface area contributed by atoms with Crippen LogP contribution in [0.4, 0.5) is 0 Å². The number of rotatable bonds is 3.